The Balaban J connectivity index is 3.23. The van der Waals surface area contributed by atoms with Crippen molar-refractivity contribution in [1.82, 2.24) is 0 Å². The van der Waals surface area contributed by atoms with Gasteiger partial charge < -0.3 is 0 Å². The van der Waals surface area contributed by atoms with E-state index >= 15 is 0 Å². The molecule has 0 saturated heterocycles. The predicted octanol–water partition coefficient (Wildman–Crippen LogP) is 2.26. The average molecular weight is 261 g/mol. The van der Waals surface area contributed by atoms with Gasteiger partial charge in [-0.1, -0.05) is 35.0 Å². The molecule has 0 aliphatic rings. The zero-order valence-electron chi connectivity index (χ0n) is 7.12. The standard InChI is InChI=1S/C9H9BrO2S/c1-2-9(13(11)12)7-3-5-8(10)6-4-7/h3-6H,2H2,1H3. The Morgan fingerprint density at radius 2 is 1.85 bits per heavy atom. The summed E-state index contributed by atoms with van der Waals surface area (Å²) in [5.41, 5.74) is 0.763. The van der Waals surface area contributed by atoms with Crippen molar-refractivity contribution in [3.63, 3.8) is 0 Å². The summed E-state index contributed by atoms with van der Waals surface area (Å²) in [6, 6.07) is 7.24. The van der Waals surface area contributed by atoms with Crippen LogP contribution in [0.1, 0.15) is 18.9 Å². The molecule has 4 heteroatoms. The van der Waals surface area contributed by atoms with Crippen LogP contribution in [-0.4, -0.2) is 13.3 Å². The van der Waals surface area contributed by atoms with E-state index < -0.39 is 10.3 Å². The fourth-order valence-electron chi connectivity index (χ4n) is 1.05. The Hall–Kier alpha value is -0.610. The van der Waals surface area contributed by atoms with Gasteiger partial charge >= 0.3 is 0 Å². The molecule has 0 bridgehead atoms. The highest BCUT2D eigenvalue weighted by Crippen LogP contribution is 2.11. The van der Waals surface area contributed by atoms with Gasteiger partial charge in [-0.3, -0.25) is 0 Å². The van der Waals surface area contributed by atoms with E-state index in [1.54, 1.807) is 12.1 Å². The highest BCUT2D eigenvalue weighted by Gasteiger charge is 2.01. The highest BCUT2D eigenvalue weighted by molar-refractivity contribution is 9.10. The normalized spacial score (nSPS) is 9.69. The number of halogens is 1. The zero-order valence-corrected chi connectivity index (χ0v) is 9.52. The largest absolute Gasteiger partial charge is 0.217 e. The summed E-state index contributed by atoms with van der Waals surface area (Å²) in [6.07, 6.45) is 0.526. The van der Waals surface area contributed by atoms with Crippen molar-refractivity contribution in [1.29, 1.82) is 0 Å². The summed E-state index contributed by atoms with van der Waals surface area (Å²) in [6.45, 7) is 1.83. The minimum Gasteiger partial charge on any atom is -0.184 e. The molecule has 0 aromatic heterocycles. The first-order valence-electron chi connectivity index (χ1n) is 3.86. The molecule has 70 valence electrons. The van der Waals surface area contributed by atoms with Crippen molar-refractivity contribution in [2.24, 2.45) is 0 Å². The minimum atomic E-state index is -2.11. The summed E-state index contributed by atoms with van der Waals surface area (Å²) in [5.74, 6) is 0. The summed E-state index contributed by atoms with van der Waals surface area (Å²) < 4.78 is 22.5. The van der Waals surface area contributed by atoms with Crippen LogP contribution in [0.4, 0.5) is 0 Å². The van der Waals surface area contributed by atoms with Crippen LogP contribution in [0, 0.1) is 0 Å². The lowest BCUT2D eigenvalue weighted by atomic mass is 10.1. The maximum Gasteiger partial charge on any atom is 0.217 e. The number of rotatable bonds is 2. The van der Waals surface area contributed by atoms with Gasteiger partial charge in [0, 0.05) is 4.47 Å². The van der Waals surface area contributed by atoms with Gasteiger partial charge in [-0.25, -0.2) is 0 Å². The Labute approximate surface area is 87.3 Å². The third-order valence-electron chi connectivity index (χ3n) is 1.69. The third-order valence-corrected chi connectivity index (χ3v) is 3.14. The summed E-state index contributed by atoms with van der Waals surface area (Å²) in [4.78, 5) is 0.451. The molecule has 0 fully saturated rings. The SMILES string of the molecule is CCC(c1ccc(Br)cc1)=S(=O)=O. The van der Waals surface area contributed by atoms with Crippen LogP contribution in [0.15, 0.2) is 28.7 Å². The van der Waals surface area contributed by atoms with Crippen molar-refractivity contribution in [3.05, 3.63) is 34.3 Å². The lowest BCUT2D eigenvalue weighted by Crippen LogP contribution is -1.99. The van der Waals surface area contributed by atoms with E-state index in [1.165, 1.54) is 0 Å². The second-order valence-electron chi connectivity index (χ2n) is 2.52. The molecule has 1 aromatic rings. The van der Waals surface area contributed by atoms with Crippen molar-refractivity contribution >= 4 is 31.1 Å². The third kappa shape index (κ3) is 2.67. The molecule has 0 N–H and O–H groups in total. The monoisotopic (exact) mass is 260 g/mol. The summed E-state index contributed by atoms with van der Waals surface area (Å²) >= 11 is 3.29. The average Bonchev–Trinajstić information content (AvgIpc) is 2.09. The van der Waals surface area contributed by atoms with Gasteiger partial charge in [-0.05, 0) is 24.1 Å². The van der Waals surface area contributed by atoms with Gasteiger partial charge in [0.2, 0.25) is 10.3 Å². The van der Waals surface area contributed by atoms with Crippen LogP contribution in [-0.2, 0) is 10.3 Å². The number of benzene rings is 1. The lowest BCUT2D eigenvalue weighted by Gasteiger charge is -1.98. The lowest BCUT2D eigenvalue weighted by molar-refractivity contribution is 0.627. The van der Waals surface area contributed by atoms with Crippen LogP contribution in [0.5, 0.6) is 0 Å². The van der Waals surface area contributed by atoms with Crippen molar-refractivity contribution in [2.45, 2.75) is 13.3 Å². The van der Waals surface area contributed by atoms with Crippen LogP contribution in [0.25, 0.3) is 0 Å². The van der Waals surface area contributed by atoms with E-state index in [9.17, 15) is 8.42 Å². The molecule has 1 rings (SSSR count). The number of hydrogen-bond acceptors (Lipinski definition) is 2. The molecule has 0 radical (unpaired) electrons. The first-order chi connectivity index (χ1) is 6.15. The summed E-state index contributed by atoms with van der Waals surface area (Å²) in [7, 11) is -2.11. The molecule has 0 aliphatic heterocycles. The van der Waals surface area contributed by atoms with E-state index in [0.29, 0.717) is 11.3 Å². The van der Waals surface area contributed by atoms with Crippen LogP contribution in [0.2, 0.25) is 0 Å². The summed E-state index contributed by atoms with van der Waals surface area (Å²) in [5, 5.41) is 0. The van der Waals surface area contributed by atoms with E-state index in [0.717, 1.165) is 10.0 Å². The molecular formula is C9H9BrO2S. The van der Waals surface area contributed by atoms with Crippen molar-refractivity contribution in [2.75, 3.05) is 0 Å². The molecule has 0 atom stereocenters. The fraction of sp³-hybridized carbons (Fsp3) is 0.222. The molecule has 0 spiro atoms. The number of hydrogen-bond donors (Lipinski definition) is 0. The fourth-order valence-corrected chi connectivity index (χ4v) is 1.88. The van der Waals surface area contributed by atoms with Gasteiger partial charge in [-0.2, -0.15) is 8.42 Å². The van der Waals surface area contributed by atoms with Gasteiger partial charge in [0.15, 0.2) is 0 Å². The minimum absolute atomic E-state index is 0.451. The van der Waals surface area contributed by atoms with E-state index in [2.05, 4.69) is 15.9 Å². The first kappa shape index (κ1) is 10.5. The van der Waals surface area contributed by atoms with E-state index in [1.807, 2.05) is 19.1 Å². The molecule has 0 unspecified atom stereocenters. The Morgan fingerprint density at radius 1 is 1.31 bits per heavy atom. The second kappa shape index (κ2) is 4.58. The maximum atomic E-state index is 10.8. The molecule has 0 aliphatic carbocycles. The highest BCUT2D eigenvalue weighted by atomic mass is 79.9. The Morgan fingerprint density at radius 3 is 2.23 bits per heavy atom. The van der Waals surface area contributed by atoms with Crippen LogP contribution >= 0.6 is 15.9 Å². The topological polar surface area (TPSA) is 34.1 Å². The first-order valence-corrected chi connectivity index (χ1v) is 5.73. The van der Waals surface area contributed by atoms with Gasteiger partial charge in [-0.15, -0.1) is 0 Å². The Bertz CT molecular complexity index is 409. The van der Waals surface area contributed by atoms with Gasteiger partial charge in [0.1, 0.15) is 0 Å². The predicted molar refractivity (Wildman–Crippen MR) is 57.5 cm³/mol. The Kier molecular flexibility index (Phi) is 3.69. The molecule has 0 saturated carbocycles. The van der Waals surface area contributed by atoms with Crippen LogP contribution in [0.3, 0.4) is 0 Å². The molecule has 2 nitrogen and oxygen atoms in total. The molecule has 13 heavy (non-hydrogen) atoms. The molecule has 0 amide bonds. The smallest absolute Gasteiger partial charge is 0.184 e. The van der Waals surface area contributed by atoms with Gasteiger partial charge in [0.05, 0.1) is 4.86 Å². The van der Waals surface area contributed by atoms with E-state index in [-0.39, 0.29) is 0 Å². The quantitative estimate of drug-likeness (QED) is 0.604. The van der Waals surface area contributed by atoms with Crippen LogP contribution < -0.4 is 0 Å². The van der Waals surface area contributed by atoms with Crippen molar-refractivity contribution in [3.8, 4) is 0 Å². The maximum absolute atomic E-state index is 10.8. The second-order valence-corrected chi connectivity index (χ2v) is 4.40. The molecule has 0 heterocycles. The zero-order chi connectivity index (χ0) is 9.84. The molecular weight excluding hydrogens is 252 g/mol. The molecule has 1 aromatic carbocycles. The van der Waals surface area contributed by atoms with E-state index in [4.69, 9.17) is 0 Å². The van der Waals surface area contributed by atoms with Gasteiger partial charge in [0.25, 0.3) is 0 Å². The van der Waals surface area contributed by atoms with Crippen molar-refractivity contribution < 1.29 is 8.42 Å².